The van der Waals surface area contributed by atoms with E-state index < -0.39 is 0 Å². The molecule has 0 radical (unpaired) electrons. The Morgan fingerprint density at radius 2 is 1.95 bits per heavy atom. The summed E-state index contributed by atoms with van der Waals surface area (Å²) >= 11 is 0. The molecule has 1 aromatic carbocycles. The summed E-state index contributed by atoms with van der Waals surface area (Å²) in [6, 6.07) is 3.72. The summed E-state index contributed by atoms with van der Waals surface area (Å²) in [7, 11) is 3.17. The van der Waals surface area contributed by atoms with Gasteiger partial charge >= 0.3 is 0 Å². The number of aryl methyl sites for hydroxylation is 1. The van der Waals surface area contributed by atoms with Crippen LogP contribution < -0.4 is 15.2 Å². The van der Waals surface area contributed by atoms with Gasteiger partial charge in [0.05, 0.1) is 14.2 Å². The molecule has 1 aliphatic rings. The molecular weight excluding hydrogens is 280 g/mol. The molecule has 0 aromatic heterocycles. The van der Waals surface area contributed by atoms with Crippen molar-refractivity contribution in [3.05, 3.63) is 23.3 Å². The summed E-state index contributed by atoms with van der Waals surface area (Å²) in [5.74, 6) is 1.86. The lowest BCUT2D eigenvalue weighted by molar-refractivity contribution is 0.0572. The van der Waals surface area contributed by atoms with E-state index in [0.717, 1.165) is 24.9 Å². The van der Waals surface area contributed by atoms with Crippen LogP contribution in [0.15, 0.2) is 12.1 Å². The number of hydrogen-bond acceptors (Lipinski definition) is 4. The Morgan fingerprint density at radius 3 is 2.55 bits per heavy atom. The highest BCUT2D eigenvalue weighted by atomic mass is 16.5. The van der Waals surface area contributed by atoms with Crippen molar-refractivity contribution in [3.63, 3.8) is 0 Å². The zero-order valence-corrected chi connectivity index (χ0v) is 13.9. The molecule has 0 aliphatic carbocycles. The molecule has 0 saturated carbocycles. The summed E-state index contributed by atoms with van der Waals surface area (Å²) in [5, 5.41) is 0. The van der Waals surface area contributed by atoms with E-state index in [-0.39, 0.29) is 11.9 Å². The lowest BCUT2D eigenvalue weighted by atomic mass is 9.91. The number of benzene rings is 1. The molecule has 2 unspecified atom stereocenters. The van der Waals surface area contributed by atoms with Gasteiger partial charge in [-0.3, -0.25) is 4.79 Å². The number of carbonyl (C=O) groups excluding carboxylic acids is 1. The number of ether oxygens (including phenoxy) is 2. The molecule has 22 heavy (non-hydrogen) atoms. The van der Waals surface area contributed by atoms with Crippen molar-refractivity contribution in [1.82, 2.24) is 4.90 Å². The van der Waals surface area contributed by atoms with Crippen molar-refractivity contribution in [3.8, 4) is 11.5 Å². The Labute approximate surface area is 132 Å². The molecule has 1 heterocycles. The lowest BCUT2D eigenvalue weighted by Crippen LogP contribution is -2.49. The Morgan fingerprint density at radius 1 is 1.32 bits per heavy atom. The minimum absolute atomic E-state index is 0.0285. The van der Waals surface area contributed by atoms with Gasteiger partial charge < -0.3 is 20.1 Å². The maximum Gasteiger partial charge on any atom is 0.254 e. The van der Waals surface area contributed by atoms with E-state index in [4.69, 9.17) is 15.2 Å². The number of methoxy groups -OCH3 is 2. The van der Waals surface area contributed by atoms with Crippen LogP contribution >= 0.6 is 0 Å². The largest absolute Gasteiger partial charge is 0.493 e. The molecule has 0 spiro atoms. The summed E-state index contributed by atoms with van der Waals surface area (Å²) in [4.78, 5) is 14.8. The maximum atomic E-state index is 12.9. The molecule has 5 heteroatoms. The second-order valence-corrected chi connectivity index (χ2v) is 6.04. The molecule has 5 nitrogen and oxygen atoms in total. The second-order valence-electron chi connectivity index (χ2n) is 6.04. The van der Waals surface area contributed by atoms with E-state index in [1.165, 1.54) is 0 Å². The van der Waals surface area contributed by atoms with E-state index in [0.29, 0.717) is 29.5 Å². The summed E-state index contributed by atoms with van der Waals surface area (Å²) in [6.45, 7) is 5.39. The number of nitrogens with zero attached hydrogens (tertiary/aromatic N) is 1. The fourth-order valence-corrected chi connectivity index (χ4v) is 3.11. The van der Waals surface area contributed by atoms with Gasteiger partial charge in [-0.25, -0.2) is 0 Å². The predicted molar refractivity (Wildman–Crippen MR) is 86.6 cm³/mol. The minimum atomic E-state index is 0.0285. The molecule has 2 rings (SSSR count). The predicted octanol–water partition coefficient (Wildman–Crippen LogP) is 2.21. The molecule has 2 N–H and O–H groups in total. The third kappa shape index (κ3) is 3.19. The molecule has 0 bridgehead atoms. The highest BCUT2D eigenvalue weighted by Gasteiger charge is 2.30. The highest BCUT2D eigenvalue weighted by molar-refractivity contribution is 5.96. The van der Waals surface area contributed by atoms with Gasteiger partial charge in [-0.15, -0.1) is 0 Å². The van der Waals surface area contributed by atoms with Crippen LogP contribution in [-0.4, -0.2) is 44.2 Å². The third-order valence-electron chi connectivity index (χ3n) is 4.47. The standard InChI is InChI=1S/C17H26N2O3/c1-11-5-6-19(13(7-11)10-18)17(20)14-9-16(22-4)15(21-3)8-12(14)2/h8-9,11,13H,5-7,10,18H2,1-4H3. The molecule has 1 saturated heterocycles. The first-order valence-electron chi connectivity index (χ1n) is 7.75. The summed E-state index contributed by atoms with van der Waals surface area (Å²) < 4.78 is 10.6. The zero-order chi connectivity index (χ0) is 16.3. The Kier molecular flexibility index (Phi) is 5.29. The number of rotatable bonds is 4. The topological polar surface area (TPSA) is 64.8 Å². The Balaban J connectivity index is 2.32. The van der Waals surface area contributed by atoms with Crippen LogP contribution in [0, 0.1) is 12.8 Å². The van der Waals surface area contributed by atoms with Crippen LogP contribution in [-0.2, 0) is 0 Å². The molecule has 1 aromatic rings. The second kappa shape index (κ2) is 7.01. The van der Waals surface area contributed by atoms with E-state index in [9.17, 15) is 4.79 Å². The number of piperidine rings is 1. The molecular formula is C17H26N2O3. The molecule has 1 fully saturated rings. The van der Waals surface area contributed by atoms with Crippen LogP contribution in [0.4, 0.5) is 0 Å². The number of amides is 1. The average molecular weight is 306 g/mol. The van der Waals surface area contributed by atoms with Crippen LogP contribution in [0.25, 0.3) is 0 Å². The molecule has 2 atom stereocenters. The van der Waals surface area contributed by atoms with Crippen molar-refractivity contribution in [2.45, 2.75) is 32.7 Å². The monoisotopic (exact) mass is 306 g/mol. The molecule has 1 amide bonds. The first-order chi connectivity index (χ1) is 10.5. The highest BCUT2D eigenvalue weighted by Crippen LogP contribution is 2.32. The normalized spacial score (nSPS) is 21.6. The van der Waals surface area contributed by atoms with E-state index in [1.807, 2.05) is 17.9 Å². The van der Waals surface area contributed by atoms with Gasteiger partial charge in [0.15, 0.2) is 11.5 Å². The SMILES string of the molecule is COc1cc(C)c(C(=O)N2CCC(C)CC2CN)cc1OC. The van der Waals surface area contributed by atoms with Gasteiger partial charge in [-0.1, -0.05) is 6.92 Å². The van der Waals surface area contributed by atoms with Gasteiger partial charge in [0, 0.05) is 24.7 Å². The van der Waals surface area contributed by atoms with Crippen LogP contribution in [0.3, 0.4) is 0 Å². The van der Waals surface area contributed by atoms with Gasteiger partial charge in [-0.2, -0.15) is 0 Å². The number of hydrogen-bond donors (Lipinski definition) is 1. The fourth-order valence-electron chi connectivity index (χ4n) is 3.11. The Bertz CT molecular complexity index is 545. The summed E-state index contributed by atoms with van der Waals surface area (Å²) in [6.07, 6.45) is 1.99. The number of nitrogens with two attached hydrogens (primary N) is 1. The fraction of sp³-hybridized carbons (Fsp3) is 0.588. The third-order valence-corrected chi connectivity index (χ3v) is 4.47. The van der Waals surface area contributed by atoms with Gasteiger partial charge in [0.1, 0.15) is 0 Å². The smallest absolute Gasteiger partial charge is 0.254 e. The average Bonchev–Trinajstić information content (AvgIpc) is 2.53. The first kappa shape index (κ1) is 16.6. The van der Waals surface area contributed by atoms with Crippen molar-refractivity contribution < 1.29 is 14.3 Å². The van der Waals surface area contributed by atoms with E-state index >= 15 is 0 Å². The van der Waals surface area contributed by atoms with Crippen LogP contribution in [0.2, 0.25) is 0 Å². The van der Waals surface area contributed by atoms with Crippen molar-refractivity contribution in [1.29, 1.82) is 0 Å². The molecule has 122 valence electrons. The van der Waals surface area contributed by atoms with Crippen molar-refractivity contribution in [2.75, 3.05) is 27.3 Å². The minimum Gasteiger partial charge on any atom is -0.493 e. The molecule has 1 aliphatic heterocycles. The van der Waals surface area contributed by atoms with Crippen LogP contribution in [0.5, 0.6) is 11.5 Å². The lowest BCUT2D eigenvalue weighted by Gasteiger charge is -2.38. The number of likely N-dealkylation sites (tertiary alicyclic amines) is 1. The summed E-state index contributed by atoms with van der Waals surface area (Å²) in [5.41, 5.74) is 7.42. The van der Waals surface area contributed by atoms with Gasteiger partial charge in [-0.05, 0) is 43.4 Å². The van der Waals surface area contributed by atoms with Gasteiger partial charge in [0.25, 0.3) is 5.91 Å². The van der Waals surface area contributed by atoms with E-state index in [2.05, 4.69) is 6.92 Å². The van der Waals surface area contributed by atoms with Crippen LogP contribution in [0.1, 0.15) is 35.7 Å². The van der Waals surface area contributed by atoms with E-state index in [1.54, 1.807) is 20.3 Å². The van der Waals surface area contributed by atoms with Crippen molar-refractivity contribution in [2.24, 2.45) is 11.7 Å². The number of carbonyl (C=O) groups is 1. The van der Waals surface area contributed by atoms with Gasteiger partial charge in [0.2, 0.25) is 0 Å². The Hall–Kier alpha value is -1.75. The quantitative estimate of drug-likeness (QED) is 0.926. The van der Waals surface area contributed by atoms with Crippen molar-refractivity contribution >= 4 is 5.91 Å². The zero-order valence-electron chi connectivity index (χ0n) is 13.9. The maximum absolute atomic E-state index is 12.9. The first-order valence-corrected chi connectivity index (χ1v) is 7.75.